The zero-order valence-electron chi connectivity index (χ0n) is 20.8. The summed E-state index contributed by atoms with van der Waals surface area (Å²) in [4.78, 5) is 13.1. The van der Waals surface area contributed by atoms with Gasteiger partial charge in [-0.15, -0.1) is 5.10 Å². The molecule has 1 saturated carbocycles. The van der Waals surface area contributed by atoms with E-state index in [1.165, 1.54) is 0 Å². The summed E-state index contributed by atoms with van der Waals surface area (Å²) in [5.74, 6) is 0.438. The van der Waals surface area contributed by atoms with Gasteiger partial charge in [0.2, 0.25) is 0 Å². The van der Waals surface area contributed by atoms with Crippen molar-refractivity contribution in [3.63, 3.8) is 0 Å². The topological polar surface area (TPSA) is 113 Å². The van der Waals surface area contributed by atoms with Gasteiger partial charge < -0.3 is 15.2 Å². The second kappa shape index (κ2) is 9.92. The molecule has 0 radical (unpaired) electrons. The number of aliphatic hydroxyl groups is 1. The molecule has 36 heavy (non-hydrogen) atoms. The summed E-state index contributed by atoms with van der Waals surface area (Å²) in [6, 6.07) is 14.2. The third-order valence-corrected chi connectivity index (χ3v) is 7.27. The summed E-state index contributed by atoms with van der Waals surface area (Å²) in [5, 5.41) is 29.9. The van der Waals surface area contributed by atoms with Crippen LogP contribution in [-0.2, 0) is 6.42 Å². The number of nitriles is 1. The van der Waals surface area contributed by atoms with Crippen molar-refractivity contribution in [2.75, 3.05) is 6.61 Å². The van der Waals surface area contributed by atoms with Crippen LogP contribution in [0.1, 0.15) is 55.7 Å². The van der Waals surface area contributed by atoms with Crippen molar-refractivity contribution in [2.45, 2.75) is 52.7 Å². The lowest BCUT2D eigenvalue weighted by atomic mass is 9.49. The third kappa shape index (κ3) is 4.81. The highest BCUT2D eigenvalue weighted by Crippen LogP contribution is 2.55. The molecule has 0 aliphatic heterocycles. The first-order valence-electron chi connectivity index (χ1n) is 11.9. The fourth-order valence-electron chi connectivity index (χ4n) is 5.38. The fraction of sp³-hybridized carbons (Fsp3) is 0.407. The van der Waals surface area contributed by atoms with E-state index in [0.717, 1.165) is 11.4 Å². The minimum absolute atomic E-state index is 0.113. The number of benzene rings is 2. The van der Waals surface area contributed by atoms with Crippen molar-refractivity contribution >= 4 is 17.5 Å². The van der Waals surface area contributed by atoms with Crippen molar-refractivity contribution in [1.29, 1.82) is 5.26 Å². The molecule has 9 heteroatoms. The van der Waals surface area contributed by atoms with Crippen LogP contribution in [0.2, 0.25) is 5.02 Å². The second-order valence-corrected chi connectivity index (χ2v) is 10.7. The fourth-order valence-corrected chi connectivity index (χ4v) is 5.59. The van der Waals surface area contributed by atoms with E-state index >= 15 is 0 Å². The number of hydrogen-bond acceptors (Lipinski definition) is 6. The van der Waals surface area contributed by atoms with Crippen LogP contribution >= 0.6 is 11.6 Å². The minimum Gasteiger partial charge on any atom is -0.489 e. The number of carbonyl (C=O) groups is 1. The van der Waals surface area contributed by atoms with Crippen LogP contribution in [0, 0.1) is 22.2 Å². The Hall–Kier alpha value is -3.41. The standard InChI is InChI=1S/C27H30ClN5O3/c1-26(2)24(27(3,4)25(26)36-21-12-9-18(15-29)22(28)14-21)30-23(35)17-7-10-20(11-8-17)33-16-19(31-32-33)6-5-13-34/h7-12,14,16,24-25,34H,5-6,13H2,1-4H3,(H,30,35). The van der Waals surface area contributed by atoms with E-state index in [4.69, 9.17) is 26.7 Å². The molecule has 4 rings (SSSR count). The molecule has 0 atom stereocenters. The highest BCUT2D eigenvalue weighted by atomic mass is 35.5. The first-order valence-corrected chi connectivity index (χ1v) is 12.3. The van der Waals surface area contributed by atoms with E-state index in [9.17, 15) is 4.79 Å². The zero-order chi connectivity index (χ0) is 26.1. The molecule has 1 aliphatic carbocycles. The second-order valence-electron chi connectivity index (χ2n) is 10.3. The van der Waals surface area contributed by atoms with Crippen molar-refractivity contribution in [3.8, 4) is 17.5 Å². The van der Waals surface area contributed by atoms with Crippen molar-refractivity contribution in [1.82, 2.24) is 20.3 Å². The van der Waals surface area contributed by atoms with Gasteiger partial charge in [0.15, 0.2) is 0 Å². The number of halogens is 1. The van der Waals surface area contributed by atoms with Gasteiger partial charge in [0.25, 0.3) is 5.91 Å². The first kappa shape index (κ1) is 25.7. The molecule has 2 N–H and O–H groups in total. The molecule has 0 unspecified atom stereocenters. The lowest BCUT2D eigenvalue weighted by molar-refractivity contribution is -0.164. The SMILES string of the molecule is CC1(C)C(NC(=O)c2ccc(-n3cc(CCCO)nn3)cc2)C(C)(C)C1Oc1ccc(C#N)c(Cl)c1. The Labute approximate surface area is 215 Å². The van der Waals surface area contributed by atoms with E-state index in [1.807, 2.05) is 18.3 Å². The number of rotatable bonds is 8. The summed E-state index contributed by atoms with van der Waals surface area (Å²) in [5.41, 5.74) is 1.87. The van der Waals surface area contributed by atoms with Crippen LogP contribution in [0.25, 0.3) is 5.69 Å². The average Bonchev–Trinajstić information content (AvgIpc) is 3.33. The molecule has 1 heterocycles. The summed E-state index contributed by atoms with van der Waals surface area (Å²) in [6.45, 7) is 8.40. The van der Waals surface area contributed by atoms with Crippen LogP contribution < -0.4 is 10.1 Å². The Kier molecular flexibility index (Phi) is 7.07. The molecule has 1 aliphatic rings. The molecule has 3 aromatic rings. The maximum atomic E-state index is 13.1. The number of nitrogens with zero attached hydrogens (tertiary/aromatic N) is 4. The van der Waals surface area contributed by atoms with Crippen molar-refractivity contribution in [3.05, 3.63) is 70.5 Å². The van der Waals surface area contributed by atoms with Crippen LogP contribution in [0.4, 0.5) is 0 Å². The normalized spacial score (nSPS) is 19.7. The third-order valence-electron chi connectivity index (χ3n) is 6.96. The summed E-state index contributed by atoms with van der Waals surface area (Å²) < 4.78 is 7.95. The molecule has 8 nitrogen and oxygen atoms in total. The van der Waals surface area contributed by atoms with Gasteiger partial charge in [-0.3, -0.25) is 4.79 Å². The predicted molar refractivity (Wildman–Crippen MR) is 136 cm³/mol. The van der Waals surface area contributed by atoms with Gasteiger partial charge in [0.05, 0.1) is 28.2 Å². The zero-order valence-corrected chi connectivity index (χ0v) is 21.6. The summed E-state index contributed by atoms with van der Waals surface area (Å²) >= 11 is 6.18. The largest absolute Gasteiger partial charge is 0.489 e. The first-order chi connectivity index (χ1) is 17.1. The molecule has 0 spiro atoms. The van der Waals surface area contributed by atoms with Crippen LogP contribution in [0.5, 0.6) is 5.75 Å². The van der Waals surface area contributed by atoms with Gasteiger partial charge >= 0.3 is 0 Å². The van der Waals surface area contributed by atoms with E-state index in [0.29, 0.717) is 34.7 Å². The van der Waals surface area contributed by atoms with Crippen molar-refractivity contribution in [2.24, 2.45) is 10.8 Å². The Morgan fingerprint density at radius 3 is 2.50 bits per heavy atom. The van der Waals surface area contributed by atoms with Crippen molar-refractivity contribution < 1.29 is 14.6 Å². The molecule has 1 aromatic heterocycles. The Morgan fingerprint density at radius 1 is 1.19 bits per heavy atom. The molecular weight excluding hydrogens is 478 g/mol. The number of aromatic nitrogens is 3. The smallest absolute Gasteiger partial charge is 0.251 e. The number of ether oxygens (including phenoxy) is 1. The van der Waals surface area contributed by atoms with E-state index < -0.39 is 0 Å². The van der Waals surface area contributed by atoms with Gasteiger partial charge in [-0.25, -0.2) is 4.68 Å². The van der Waals surface area contributed by atoms with Gasteiger partial charge in [-0.05, 0) is 49.2 Å². The number of amides is 1. The molecule has 1 fully saturated rings. The summed E-state index contributed by atoms with van der Waals surface area (Å²) in [7, 11) is 0. The molecule has 1 amide bonds. The summed E-state index contributed by atoms with van der Waals surface area (Å²) in [6.07, 6.45) is 2.95. The lowest BCUT2D eigenvalue weighted by Crippen LogP contribution is -2.74. The highest BCUT2D eigenvalue weighted by molar-refractivity contribution is 6.31. The van der Waals surface area contributed by atoms with E-state index in [-0.39, 0.29) is 35.5 Å². The van der Waals surface area contributed by atoms with Crippen LogP contribution in [0.15, 0.2) is 48.7 Å². The Balaban J connectivity index is 1.43. The number of nitrogens with one attached hydrogen (secondary N) is 1. The molecule has 2 aromatic carbocycles. The van der Waals surface area contributed by atoms with Gasteiger partial charge in [-0.1, -0.05) is 44.5 Å². The maximum Gasteiger partial charge on any atom is 0.251 e. The number of hydrogen-bond donors (Lipinski definition) is 2. The van der Waals surface area contributed by atoms with Gasteiger partial charge in [-0.2, -0.15) is 5.26 Å². The highest BCUT2D eigenvalue weighted by Gasteiger charge is 2.64. The number of aliphatic hydroxyl groups excluding tert-OH is 1. The average molecular weight is 508 g/mol. The number of aryl methyl sites for hydroxylation is 1. The Bertz CT molecular complexity index is 1280. The van der Waals surface area contributed by atoms with E-state index in [2.05, 4.69) is 49.4 Å². The van der Waals surface area contributed by atoms with Gasteiger partial charge in [0, 0.05) is 35.1 Å². The molecule has 0 bridgehead atoms. The lowest BCUT2D eigenvalue weighted by Gasteiger charge is -2.63. The van der Waals surface area contributed by atoms with Crippen LogP contribution in [-0.4, -0.2) is 44.8 Å². The quantitative estimate of drug-likeness (QED) is 0.469. The molecule has 188 valence electrons. The molecular formula is C27H30ClN5O3. The van der Waals surface area contributed by atoms with Gasteiger partial charge in [0.1, 0.15) is 17.9 Å². The van der Waals surface area contributed by atoms with Crippen LogP contribution in [0.3, 0.4) is 0 Å². The maximum absolute atomic E-state index is 13.1. The molecule has 0 saturated heterocycles. The predicted octanol–water partition coefficient (Wildman–Crippen LogP) is 4.33. The number of carbonyl (C=O) groups excluding carboxylic acids is 1. The van der Waals surface area contributed by atoms with E-state index in [1.54, 1.807) is 35.0 Å². The monoisotopic (exact) mass is 507 g/mol. The Morgan fingerprint density at radius 2 is 1.89 bits per heavy atom. The minimum atomic E-state index is -0.342.